The fourth-order valence-electron chi connectivity index (χ4n) is 2.88. The quantitative estimate of drug-likeness (QED) is 0.689. The van der Waals surface area contributed by atoms with Gasteiger partial charge in [0, 0.05) is 6.54 Å². The molecular formula is C18H29NO. The van der Waals surface area contributed by atoms with Crippen LogP contribution in [0.25, 0.3) is 0 Å². The summed E-state index contributed by atoms with van der Waals surface area (Å²) in [7, 11) is 0. The summed E-state index contributed by atoms with van der Waals surface area (Å²) < 4.78 is 5.90. The topological polar surface area (TPSA) is 21.3 Å². The van der Waals surface area contributed by atoms with E-state index < -0.39 is 0 Å². The van der Waals surface area contributed by atoms with Crippen molar-refractivity contribution >= 4 is 0 Å². The smallest absolute Gasteiger partial charge is 0.0594 e. The Labute approximate surface area is 123 Å². The average Bonchev–Trinajstić information content (AvgIpc) is 2.52. The number of rotatable bonds is 9. The standard InChI is InChI=1S/C18H29NO/c1-3-9-17(10-4-1)11-7-8-14-19-15-16-20-18-12-5-2-6-13-18/h1,3-4,9-10,18-19H,2,5-8,11-16H2. The van der Waals surface area contributed by atoms with E-state index in [1.165, 1.54) is 56.9 Å². The van der Waals surface area contributed by atoms with Gasteiger partial charge < -0.3 is 10.1 Å². The van der Waals surface area contributed by atoms with E-state index in [2.05, 4.69) is 35.6 Å². The van der Waals surface area contributed by atoms with Crippen molar-refractivity contribution in [1.82, 2.24) is 5.32 Å². The Kier molecular flexibility index (Phi) is 7.73. The Hall–Kier alpha value is -0.860. The lowest BCUT2D eigenvalue weighted by Gasteiger charge is -2.22. The first-order valence-electron chi connectivity index (χ1n) is 8.31. The number of benzene rings is 1. The summed E-state index contributed by atoms with van der Waals surface area (Å²) in [6, 6.07) is 10.8. The molecule has 2 nitrogen and oxygen atoms in total. The summed E-state index contributed by atoms with van der Waals surface area (Å²) in [6.45, 7) is 2.99. The summed E-state index contributed by atoms with van der Waals surface area (Å²) in [5.41, 5.74) is 1.45. The highest BCUT2D eigenvalue weighted by atomic mass is 16.5. The maximum atomic E-state index is 5.90. The SMILES string of the molecule is c1ccc(CCCCNCCOC2CCCCC2)cc1. The van der Waals surface area contributed by atoms with Gasteiger partial charge in [0.25, 0.3) is 0 Å². The van der Waals surface area contributed by atoms with E-state index in [4.69, 9.17) is 4.74 Å². The molecule has 0 aliphatic heterocycles. The molecule has 20 heavy (non-hydrogen) atoms. The van der Waals surface area contributed by atoms with E-state index in [0.29, 0.717) is 6.10 Å². The molecule has 0 spiro atoms. The second-order valence-electron chi connectivity index (χ2n) is 5.82. The third-order valence-electron chi connectivity index (χ3n) is 4.10. The van der Waals surface area contributed by atoms with Gasteiger partial charge in [0.15, 0.2) is 0 Å². The van der Waals surface area contributed by atoms with Crippen molar-refractivity contribution in [3.05, 3.63) is 35.9 Å². The highest BCUT2D eigenvalue weighted by Crippen LogP contribution is 2.19. The Bertz CT molecular complexity index is 333. The van der Waals surface area contributed by atoms with Crippen LogP contribution in [0.4, 0.5) is 0 Å². The van der Waals surface area contributed by atoms with Gasteiger partial charge in [0.2, 0.25) is 0 Å². The van der Waals surface area contributed by atoms with Crippen LogP contribution in [0.15, 0.2) is 30.3 Å². The van der Waals surface area contributed by atoms with Crippen LogP contribution in [0.5, 0.6) is 0 Å². The van der Waals surface area contributed by atoms with Gasteiger partial charge in [0.1, 0.15) is 0 Å². The van der Waals surface area contributed by atoms with Gasteiger partial charge in [-0.25, -0.2) is 0 Å². The number of nitrogens with one attached hydrogen (secondary N) is 1. The summed E-state index contributed by atoms with van der Waals surface area (Å²) >= 11 is 0. The van der Waals surface area contributed by atoms with Crippen LogP contribution < -0.4 is 5.32 Å². The Morgan fingerprint density at radius 1 is 0.950 bits per heavy atom. The number of hydrogen-bond acceptors (Lipinski definition) is 2. The van der Waals surface area contributed by atoms with E-state index in [1.54, 1.807) is 0 Å². The molecule has 112 valence electrons. The molecule has 0 aromatic heterocycles. The lowest BCUT2D eigenvalue weighted by atomic mass is 9.98. The van der Waals surface area contributed by atoms with Crippen molar-refractivity contribution in [2.45, 2.75) is 57.5 Å². The molecule has 1 N–H and O–H groups in total. The van der Waals surface area contributed by atoms with Crippen molar-refractivity contribution < 1.29 is 4.74 Å². The molecular weight excluding hydrogens is 246 g/mol. The number of ether oxygens (including phenoxy) is 1. The van der Waals surface area contributed by atoms with Gasteiger partial charge in [-0.05, 0) is 44.2 Å². The highest BCUT2D eigenvalue weighted by Gasteiger charge is 2.12. The fraction of sp³-hybridized carbons (Fsp3) is 0.667. The van der Waals surface area contributed by atoms with E-state index in [0.717, 1.165) is 19.7 Å². The summed E-state index contributed by atoms with van der Waals surface area (Å²) in [4.78, 5) is 0. The second kappa shape index (κ2) is 9.95. The third-order valence-corrected chi connectivity index (χ3v) is 4.10. The number of aryl methyl sites for hydroxylation is 1. The van der Waals surface area contributed by atoms with Crippen molar-refractivity contribution in [2.75, 3.05) is 19.7 Å². The Morgan fingerprint density at radius 3 is 2.55 bits per heavy atom. The summed E-state index contributed by atoms with van der Waals surface area (Å²) in [6.07, 6.45) is 10.9. The molecule has 1 aliphatic carbocycles. The fourth-order valence-corrected chi connectivity index (χ4v) is 2.88. The number of hydrogen-bond donors (Lipinski definition) is 1. The molecule has 1 aromatic rings. The lowest BCUT2D eigenvalue weighted by molar-refractivity contribution is 0.0303. The van der Waals surface area contributed by atoms with Crippen LogP contribution in [0, 0.1) is 0 Å². The molecule has 1 aromatic carbocycles. The maximum Gasteiger partial charge on any atom is 0.0594 e. The van der Waals surface area contributed by atoms with Gasteiger partial charge in [-0.3, -0.25) is 0 Å². The molecule has 2 rings (SSSR count). The highest BCUT2D eigenvalue weighted by molar-refractivity contribution is 5.14. The van der Waals surface area contributed by atoms with Crippen LogP contribution in [0.2, 0.25) is 0 Å². The number of unbranched alkanes of at least 4 members (excludes halogenated alkanes) is 1. The first kappa shape index (κ1) is 15.5. The van der Waals surface area contributed by atoms with Crippen LogP contribution in [-0.4, -0.2) is 25.8 Å². The summed E-state index contributed by atoms with van der Waals surface area (Å²) in [5, 5.41) is 3.49. The summed E-state index contributed by atoms with van der Waals surface area (Å²) in [5.74, 6) is 0. The molecule has 1 aliphatic rings. The van der Waals surface area contributed by atoms with Crippen molar-refractivity contribution in [2.24, 2.45) is 0 Å². The zero-order chi connectivity index (χ0) is 13.9. The van der Waals surface area contributed by atoms with Crippen LogP contribution in [-0.2, 0) is 11.2 Å². The van der Waals surface area contributed by atoms with Gasteiger partial charge in [0.05, 0.1) is 12.7 Å². The molecule has 0 unspecified atom stereocenters. The largest absolute Gasteiger partial charge is 0.377 e. The predicted molar refractivity (Wildman–Crippen MR) is 85.1 cm³/mol. The van der Waals surface area contributed by atoms with Crippen molar-refractivity contribution in [3.8, 4) is 0 Å². The molecule has 2 heteroatoms. The molecule has 0 saturated heterocycles. The molecule has 0 amide bonds. The van der Waals surface area contributed by atoms with Gasteiger partial charge in [-0.15, -0.1) is 0 Å². The molecule has 0 heterocycles. The Balaban J connectivity index is 1.38. The van der Waals surface area contributed by atoms with E-state index >= 15 is 0 Å². The van der Waals surface area contributed by atoms with Crippen LogP contribution in [0.1, 0.15) is 50.5 Å². The van der Waals surface area contributed by atoms with Gasteiger partial charge >= 0.3 is 0 Å². The minimum absolute atomic E-state index is 0.545. The second-order valence-corrected chi connectivity index (χ2v) is 5.82. The van der Waals surface area contributed by atoms with Crippen LogP contribution >= 0.6 is 0 Å². The van der Waals surface area contributed by atoms with Gasteiger partial charge in [-0.1, -0.05) is 49.6 Å². The first-order chi connectivity index (χ1) is 9.95. The lowest BCUT2D eigenvalue weighted by Crippen LogP contribution is -2.25. The monoisotopic (exact) mass is 275 g/mol. The molecule has 1 fully saturated rings. The van der Waals surface area contributed by atoms with Crippen molar-refractivity contribution in [1.29, 1.82) is 0 Å². The first-order valence-corrected chi connectivity index (χ1v) is 8.31. The molecule has 0 atom stereocenters. The maximum absolute atomic E-state index is 5.90. The predicted octanol–water partition coefficient (Wildman–Crippen LogP) is 3.95. The molecule has 1 saturated carbocycles. The van der Waals surface area contributed by atoms with E-state index in [1.807, 2.05) is 0 Å². The minimum Gasteiger partial charge on any atom is -0.377 e. The zero-order valence-corrected chi connectivity index (χ0v) is 12.7. The van der Waals surface area contributed by atoms with Crippen LogP contribution in [0.3, 0.4) is 0 Å². The van der Waals surface area contributed by atoms with E-state index in [-0.39, 0.29) is 0 Å². The molecule has 0 radical (unpaired) electrons. The Morgan fingerprint density at radius 2 is 1.75 bits per heavy atom. The van der Waals surface area contributed by atoms with E-state index in [9.17, 15) is 0 Å². The van der Waals surface area contributed by atoms with Crippen molar-refractivity contribution in [3.63, 3.8) is 0 Å². The van der Waals surface area contributed by atoms with Gasteiger partial charge in [-0.2, -0.15) is 0 Å². The molecule has 0 bridgehead atoms. The average molecular weight is 275 g/mol. The third kappa shape index (κ3) is 6.53. The minimum atomic E-state index is 0.545. The zero-order valence-electron chi connectivity index (χ0n) is 12.7. The normalized spacial score (nSPS) is 16.4.